The van der Waals surface area contributed by atoms with Crippen LogP contribution in [0.25, 0.3) is 6.08 Å². The molecule has 1 N–H and O–H groups in total. The largest absolute Gasteiger partial charge is 0.280 e. The molecular weight excluding hydrogens is 396 g/mol. The van der Waals surface area contributed by atoms with Crippen LogP contribution in [0.1, 0.15) is 12.0 Å². The maximum Gasteiger partial charge on any atom is 0.255 e. The third-order valence-corrected chi connectivity index (χ3v) is 6.96. The quantitative estimate of drug-likeness (QED) is 0.816. The molecule has 0 saturated carbocycles. The topological polar surface area (TPSA) is 83.6 Å². The zero-order valence-electron chi connectivity index (χ0n) is 13.7. The van der Waals surface area contributed by atoms with Crippen molar-refractivity contribution >= 4 is 49.1 Å². The number of hydrogen-bond acceptors (Lipinski definition) is 4. The maximum atomic E-state index is 12.2. The Morgan fingerprint density at radius 3 is 2.27 bits per heavy atom. The molecule has 1 aliphatic heterocycles. The second kappa shape index (κ2) is 7.30. The van der Waals surface area contributed by atoms with Gasteiger partial charge in [-0.3, -0.25) is 9.03 Å². The molecule has 0 aromatic heterocycles. The predicted octanol–water partition coefficient (Wildman–Crippen LogP) is 3.29. The summed E-state index contributed by atoms with van der Waals surface area (Å²) in [6.45, 7) is 0.442. The molecule has 26 heavy (non-hydrogen) atoms. The highest BCUT2D eigenvalue weighted by Gasteiger charge is 2.28. The Labute approximate surface area is 158 Å². The smallest absolute Gasteiger partial charge is 0.255 e. The Bertz CT molecular complexity index is 1020. The lowest BCUT2D eigenvalue weighted by molar-refractivity contribution is 0.599. The van der Waals surface area contributed by atoms with Gasteiger partial charge in [0.05, 0.1) is 16.8 Å². The molecule has 2 aromatic carbocycles. The minimum absolute atomic E-state index is 0.136. The van der Waals surface area contributed by atoms with E-state index in [1.165, 1.54) is 22.5 Å². The number of anilines is 2. The van der Waals surface area contributed by atoms with Gasteiger partial charge in [-0.2, -0.15) is 0 Å². The zero-order valence-corrected chi connectivity index (χ0v) is 16.1. The van der Waals surface area contributed by atoms with Crippen molar-refractivity contribution in [1.82, 2.24) is 0 Å². The molecule has 138 valence electrons. The molecule has 0 aliphatic carbocycles. The first-order valence-electron chi connectivity index (χ1n) is 7.82. The van der Waals surface area contributed by atoms with Crippen LogP contribution in [-0.4, -0.2) is 29.1 Å². The minimum atomic E-state index is -3.69. The van der Waals surface area contributed by atoms with Crippen LogP contribution in [-0.2, 0) is 20.0 Å². The summed E-state index contributed by atoms with van der Waals surface area (Å²) in [6.07, 6.45) is 2.05. The third-order valence-electron chi connectivity index (χ3n) is 3.82. The second-order valence-corrected chi connectivity index (χ2v) is 9.81. The molecule has 1 aliphatic rings. The second-order valence-electron chi connectivity index (χ2n) is 5.79. The van der Waals surface area contributed by atoms with Gasteiger partial charge in [-0.1, -0.05) is 23.7 Å². The lowest BCUT2D eigenvalue weighted by Crippen LogP contribution is -2.24. The van der Waals surface area contributed by atoms with Crippen LogP contribution in [0, 0.1) is 0 Å². The number of sulfonamides is 2. The van der Waals surface area contributed by atoms with Crippen LogP contribution in [0.4, 0.5) is 11.4 Å². The molecule has 1 fully saturated rings. The van der Waals surface area contributed by atoms with Crippen molar-refractivity contribution in [3.63, 3.8) is 0 Å². The normalized spacial score (nSPS) is 16.9. The number of benzene rings is 2. The highest BCUT2D eigenvalue weighted by molar-refractivity contribution is 7.95. The van der Waals surface area contributed by atoms with Gasteiger partial charge in [-0.25, -0.2) is 16.8 Å². The average Bonchev–Trinajstić information content (AvgIpc) is 2.94. The molecule has 0 amide bonds. The highest BCUT2D eigenvalue weighted by atomic mass is 35.5. The van der Waals surface area contributed by atoms with Crippen molar-refractivity contribution in [2.24, 2.45) is 0 Å². The van der Waals surface area contributed by atoms with E-state index in [0.29, 0.717) is 34.9 Å². The first-order valence-corrected chi connectivity index (χ1v) is 11.4. The van der Waals surface area contributed by atoms with Crippen LogP contribution < -0.4 is 9.03 Å². The molecule has 9 heteroatoms. The van der Waals surface area contributed by atoms with Crippen molar-refractivity contribution in [2.75, 3.05) is 21.3 Å². The molecule has 0 atom stereocenters. The van der Waals surface area contributed by atoms with Crippen molar-refractivity contribution in [1.29, 1.82) is 0 Å². The summed E-state index contributed by atoms with van der Waals surface area (Å²) in [7, 11) is -6.95. The van der Waals surface area contributed by atoms with Crippen molar-refractivity contribution < 1.29 is 16.8 Å². The van der Waals surface area contributed by atoms with Gasteiger partial charge in [0.2, 0.25) is 10.0 Å². The van der Waals surface area contributed by atoms with E-state index < -0.39 is 20.0 Å². The Morgan fingerprint density at radius 1 is 1.04 bits per heavy atom. The van der Waals surface area contributed by atoms with Crippen molar-refractivity contribution in [3.05, 3.63) is 64.5 Å². The molecule has 0 unspecified atom stereocenters. The van der Waals surface area contributed by atoms with Crippen LogP contribution in [0.3, 0.4) is 0 Å². The number of halogens is 1. The van der Waals surface area contributed by atoms with Gasteiger partial charge in [-0.05, 0) is 54.5 Å². The lowest BCUT2D eigenvalue weighted by atomic mass is 10.2. The molecule has 3 rings (SSSR count). The van der Waals surface area contributed by atoms with E-state index >= 15 is 0 Å². The molecular formula is C17H17ClN2O4S2. The molecule has 0 radical (unpaired) electrons. The van der Waals surface area contributed by atoms with Crippen LogP contribution in [0.15, 0.2) is 53.9 Å². The van der Waals surface area contributed by atoms with Gasteiger partial charge in [0, 0.05) is 17.3 Å². The molecule has 1 heterocycles. The van der Waals surface area contributed by atoms with E-state index in [2.05, 4.69) is 4.72 Å². The van der Waals surface area contributed by atoms with Crippen LogP contribution >= 0.6 is 11.6 Å². The van der Waals surface area contributed by atoms with E-state index in [1.54, 1.807) is 36.4 Å². The Kier molecular flexibility index (Phi) is 5.27. The molecule has 1 saturated heterocycles. The summed E-state index contributed by atoms with van der Waals surface area (Å²) in [5, 5.41) is 1.64. The predicted molar refractivity (Wildman–Crippen MR) is 105 cm³/mol. The Morgan fingerprint density at radius 2 is 1.69 bits per heavy atom. The van der Waals surface area contributed by atoms with Gasteiger partial charge in [-0.15, -0.1) is 0 Å². The van der Waals surface area contributed by atoms with E-state index in [4.69, 9.17) is 11.6 Å². The average molecular weight is 413 g/mol. The monoisotopic (exact) mass is 412 g/mol. The summed E-state index contributed by atoms with van der Waals surface area (Å²) in [6, 6.07) is 13.0. The van der Waals surface area contributed by atoms with E-state index in [9.17, 15) is 16.8 Å². The highest BCUT2D eigenvalue weighted by Crippen LogP contribution is 2.25. The maximum absolute atomic E-state index is 12.2. The Hall–Kier alpha value is -2.03. The summed E-state index contributed by atoms with van der Waals surface area (Å²) in [5.74, 6) is 0.136. The van der Waals surface area contributed by atoms with Crippen molar-refractivity contribution in [3.8, 4) is 0 Å². The van der Waals surface area contributed by atoms with Gasteiger partial charge in [0.25, 0.3) is 10.0 Å². The fourth-order valence-electron chi connectivity index (χ4n) is 2.57. The van der Waals surface area contributed by atoms with Gasteiger partial charge < -0.3 is 0 Å². The molecule has 2 aromatic rings. The fraction of sp³-hybridized carbons (Fsp3) is 0.176. The third kappa shape index (κ3) is 4.57. The van der Waals surface area contributed by atoms with Crippen LogP contribution in [0.5, 0.6) is 0 Å². The van der Waals surface area contributed by atoms with Gasteiger partial charge >= 0.3 is 0 Å². The summed E-state index contributed by atoms with van der Waals surface area (Å²) < 4.78 is 51.9. The zero-order chi connectivity index (χ0) is 18.8. The summed E-state index contributed by atoms with van der Waals surface area (Å²) in [5.41, 5.74) is 1.59. The number of rotatable bonds is 5. The van der Waals surface area contributed by atoms with Gasteiger partial charge in [0.15, 0.2) is 0 Å². The molecule has 6 nitrogen and oxygen atoms in total. The van der Waals surface area contributed by atoms with Crippen LogP contribution in [0.2, 0.25) is 5.02 Å². The summed E-state index contributed by atoms with van der Waals surface area (Å²) >= 11 is 5.79. The number of nitrogens with one attached hydrogen (secondary N) is 1. The molecule has 0 bridgehead atoms. The first-order chi connectivity index (χ1) is 12.3. The van der Waals surface area contributed by atoms with Crippen molar-refractivity contribution in [2.45, 2.75) is 6.42 Å². The number of nitrogens with zero attached hydrogens (tertiary/aromatic N) is 1. The fourth-order valence-corrected chi connectivity index (χ4v) is 5.13. The van der Waals surface area contributed by atoms with E-state index in [1.807, 2.05) is 0 Å². The number of hydrogen-bond donors (Lipinski definition) is 1. The van der Waals surface area contributed by atoms with E-state index in [-0.39, 0.29) is 5.75 Å². The molecule has 0 spiro atoms. The van der Waals surface area contributed by atoms with Gasteiger partial charge in [0.1, 0.15) is 0 Å². The SMILES string of the molecule is O=S(=O)(/C=C/c1ccc(Cl)cc1)Nc1ccc(N2CCCS2(=O)=O)cc1. The van der Waals surface area contributed by atoms with E-state index in [0.717, 1.165) is 5.41 Å². The summed E-state index contributed by atoms with van der Waals surface area (Å²) in [4.78, 5) is 0. The Balaban J connectivity index is 1.71. The lowest BCUT2D eigenvalue weighted by Gasteiger charge is -2.17. The first kappa shape index (κ1) is 18.8. The minimum Gasteiger partial charge on any atom is -0.280 e. The standard InChI is InChI=1S/C17H17ClN2O4S2/c18-15-4-2-14(3-5-15)10-13-25(21,22)19-16-6-8-17(9-7-16)20-11-1-12-26(20,23)24/h2-10,13,19H,1,11-12H2/b13-10+.